The molecule has 1 aromatic carbocycles. The Morgan fingerprint density at radius 1 is 1.29 bits per heavy atom. The third-order valence-electron chi connectivity index (χ3n) is 1.96. The summed E-state index contributed by atoms with van der Waals surface area (Å²) in [5.41, 5.74) is 0.793. The molecule has 0 aliphatic heterocycles. The first-order chi connectivity index (χ1) is 8.11. The molecule has 1 N–H and O–H groups in total. The van der Waals surface area contributed by atoms with Gasteiger partial charge in [-0.1, -0.05) is 29.3 Å². The minimum Gasteiger partial charge on any atom is -0.352 e. The van der Waals surface area contributed by atoms with Gasteiger partial charge in [-0.25, -0.2) is 0 Å². The van der Waals surface area contributed by atoms with Gasteiger partial charge >= 0.3 is 0 Å². The van der Waals surface area contributed by atoms with Crippen molar-refractivity contribution in [3.8, 4) is 0 Å². The number of carbonyl (C=O) groups is 1. The van der Waals surface area contributed by atoms with Crippen LogP contribution in [0.15, 0.2) is 36.9 Å². The Bertz CT molecular complexity index is 421. The Morgan fingerprint density at radius 3 is 2.53 bits per heavy atom. The molecule has 4 heteroatoms. The van der Waals surface area contributed by atoms with E-state index in [2.05, 4.69) is 11.9 Å². The number of hydrogen-bond acceptors (Lipinski definition) is 1. The van der Waals surface area contributed by atoms with Crippen molar-refractivity contribution in [2.24, 2.45) is 0 Å². The van der Waals surface area contributed by atoms with Gasteiger partial charge in [0.15, 0.2) is 0 Å². The molecule has 0 saturated heterocycles. The van der Waals surface area contributed by atoms with Crippen LogP contribution >= 0.6 is 23.2 Å². The van der Waals surface area contributed by atoms with Crippen molar-refractivity contribution in [3.63, 3.8) is 0 Å². The SMILES string of the molecule is C=CCCNC(=O)/C=C/c1cc(Cl)cc(Cl)c1. The van der Waals surface area contributed by atoms with Gasteiger partial charge in [0.05, 0.1) is 0 Å². The average Bonchev–Trinajstić information content (AvgIpc) is 2.25. The van der Waals surface area contributed by atoms with Crippen LogP contribution in [-0.4, -0.2) is 12.5 Å². The Labute approximate surface area is 111 Å². The number of nitrogens with one attached hydrogen (secondary N) is 1. The van der Waals surface area contributed by atoms with Crippen LogP contribution in [0.5, 0.6) is 0 Å². The fraction of sp³-hybridized carbons (Fsp3) is 0.154. The molecule has 0 atom stereocenters. The highest BCUT2D eigenvalue weighted by Gasteiger charge is 1.97. The van der Waals surface area contributed by atoms with E-state index < -0.39 is 0 Å². The molecule has 0 bridgehead atoms. The van der Waals surface area contributed by atoms with Gasteiger partial charge in [0, 0.05) is 22.7 Å². The molecule has 0 fully saturated rings. The van der Waals surface area contributed by atoms with Crippen LogP contribution in [0.1, 0.15) is 12.0 Å². The second-order valence-electron chi connectivity index (χ2n) is 3.40. The summed E-state index contributed by atoms with van der Waals surface area (Å²) >= 11 is 11.7. The summed E-state index contributed by atoms with van der Waals surface area (Å²) in [6, 6.07) is 5.12. The molecular formula is C13H13Cl2NO. The van der Waals surface area contributed by atoms with E-state index in [4.69, 9.17) is 23.2 Å². The quantitative estimate of drug-likeness (QED) is 0.493. The second-order valence-corrected chi connectivity index (χ2v) is 4.28. The van der Waals surface area contributed by atoms with Crippen LogP contribution in [0.2, 0.25) is 10.0 Å². The van der Waals surface area contributed by atoms with Crippen LogP contribution in [0.3, 0.4) is 0 Å². The third kappa shape index (κ3) is 5.57. The number of amides is 1. The van der Waals surface area contributed by atoms with Gasteiger partial charge in [-0.05, 0) is 36.3 Å². The molecule has 1 rings (SSSR count). The summed E-state index contributed by atoms with van der Waals surface area (Å²) < 4.78 is 0. The molecule has 0 radical (unpaired) electrons. The van der Waals surface area contributed by atoms with Gasteiger partial charge in [0.2, 0.25) is 5.91 Å². The third-order valence-corrected chi connectivity index (χ3v) is 2.40. The summed E-state index contributed by atoms with van der Waals surface area (Å²) in [5.74, 6) is -0.150. The molecule has 90 valence electrons. The number of halogens is 2. The lowest BCUT2D eigenvalue weighted by Crippen LogP contribution is -2.21. The predicted molar refractivity (Wildman–Crippen MR) is 73.3 cm³/mol. The minimum atomic E-state index is -0.150. The largest absolute Gasteiger partial charge is 0.352 e. The average molecular weight is 270 g/mol. The smallest absolute Gasteiger partial charge is 0.244 e. The van der Waals surface area contributed by atoms with Gasteiger partial charge in [-0.3, -0.25) is 4.79 Å². The Morgan fingerprint density at radius 2 is 1.94 bits per heavy atom. The van der Waals surface area contributed by atoms with Gasteiger partial charge in [0.25, 0.3) is 0 Å². The van der Waals surface area contributed by atoms with E-state index in [0.29, 0.717) is 16.6 Å². The van der Waals surface area contributed by atoms with Gasteiger partial charge < -0.3 is 5.32 Å². The van der Waals surface area contributed by atoms with Crippen molar-refractivity contribution in [1.82, 2.24) is 5.32 Å². The molecule has 2 nitrogen and oxygen atoms in total. The first-order valence-corrected chi connectivity index (χ1v) is 5.90. The normalized spacial score (nSPS) is 10.5. The number of carbonyl (C=O) groups excluding carboxylic acids is 1. The van der Waals surface area contributed by atoms with E-state index in [1.54, 1.807) is 30.4 Å². The van der Waals surface area contributed by atoms with Crippen LogP contribution < -0.4 is 5.32 Å². The molecule has 0 aliphatic rings. The monoisotopic (exact) mass is 269 g/mol. The Hall–Kier alpha value is -1.25. The van der Waals surface area contributed by atoms with Crippen molar-refractivity contribution < 1.29 is 4.79 Å². The van der Waals surface area contributed by atoms with E-state index in [0.717, 1.165) is 12.0 Å². The van der Waals surface area contributed by atoms with Gasteiger partial charge in [-0.15, -0.1) is 6.58 Å². The van der Waals surface area contributed by atoms with Crippen LogP contribution in [0, 0.1) is 0 Å². The molecule has 0 saturated carbocycles. The van der Waals surface area contributed by atoms with E-state index in [-0.39, 0.29) is 5.91 Å². The lowest BCUT2D eigenvalue weighted by atomic mass is 10.2. The topological polar surface area (TPSA) is 29.1 Å². The molecule has 0 aliphatic carbocycles. The molecule has 0 spiro atoms. The van der Waals surface area contributed by atoms with E-state index in [1.807, 2.05) is 0 Å². The van der Waals surface area contributed by atoms with Gasteiger partial charge in [0.1, 0.15) is 0 Å². The summed E-state index contributed by atoms with van der Waals surface area (Å²) in [6.45, 7) is 4.16. The summed E-state index contributed by atoms with van der Waals surface area (Å²) in [7, 11) is 0. The van der Waals surface area contributed by atoms with Gasteiger partial charge in [-0.2, -0.15) is 0 Å². The fourth-order valence-corrected chi connectivity index (χ4v) is 1.74. The maximum absolute atomic E-state index is 11.4. The lowest BCUT2D eigenvalue weighted by Gasteiger charge is -1.99. The molecule has 0 heterocycles. The zero-order valence-corrected chi connectivity index (χ0v) is 10.8. The zero-order chi connectivity index (χ0) is 12.7. The number of hydrogen-bond donors (Lipinski definition) is 1. The highest BCUT2D eigenvalue weighted by molar-refractivity contribution is 6.34. The van der Waals surface area contributed by atoms with E-state index in [9.17, 15) is 4.79 Å². The van der Waals surface area contributed by atoms with Crippen LogP contribution in [0.25, 0.3) is 6.08 Å². The molecular weight excluding hydrogens is 257 g/mol. The van der Waals surface area contributed by atoms with Crippen LogP contribution in [-0.2, 0) is 4.79 Å². The Balaban J connectivity index is 2.57. The molecule has 0 unspecified atom stereocenters. The highest BCUT2D eigenvalue weighted by Crippen LogP contribution is 2.19. The summed E-state index contributed by atoms with van der Waals surface area (Å²) in [6.07, 6.45) is 5.62. The highest BCUT2D eigenvalue weighted by atomic mass is 35.5. The standard InChI is InChI=1S/C13H13Cl2NO/c1-2-3-6-16-13(17)5-4-10-7-11(14)9-12(15)8-10/h2,4-5,7-9H,1,3,6H2,(H,16,17)/b5-4+. The van der Waals surface area contributed by atoms with E-state index in [1.165, 1.54) is 6.08 Å². The van der Waals surface area contributed by atoms with E-state index >= 15 is 0 Å². The number of benzene rings is 1. The second kappa shape index (κ2) is 7.15. The Kier molecular flexibility index (Phi) is 5.81. The fourth-order valence-electron chi connectivity index (χ4n) is 1.20. The molecule has 17 heavy (non-hydrogen) atoms. The lowest BCUT2D eigenvalue weighted by molar-refractivity contribution is -0.116. The maximum atomic E-state index is 11.4. The minimum absolute atomic E-state index is 0.150. The van der Waals surface area contributed by atoms with Crippen molar-refractivity contribution in [3.05, 3.63) is 52.5 Å². The molecule has 1 aromatic rings. The summed E-state index contributed by atoms with van der Waals surface area (Å²) in [5, 5.41) is 3.81. The predicted octanol–water partition coefficient (Wildman–Crippen LogP) is 3.70. The summed E-state index contributed by atoms with van der Waals surface area (Å²) in [4.78, 5) is 11.4. The zero-order valence-electron chi connectivity index (χ0n) is 9.25. The molecule has 0 aromatic heterocycles. The van der Waals surface area contributed by atoms with Crippen molar-refractivity contribution in [2.75, 3.05) is 6.54 Å². The first-order valence-electron chi connectivity index (χ1n) is 5.14. The molecule has 1 amide bonds. The number of rotatable bonds is 5. The maximum Gasteiger partial charge on any atom is 0.244 e. The van der Waals surface area contributed by atoms with Crippen molar-refractivity contribution in [2.45, 2.75) is 6.42 Å². The van der Waals surface area contributed by atoms with Crippen molar-refractivity contribution in [1.29, 1.82) is 0 Å². The van der Waals surface area contributed by atoms with Crippen molar-refractivity contribution >= 4 is 35.2 Å². The first kappa shape index (κ1) is 13.8. The van der Waals surface area contributed by atoms with Crippen LogP contribution in [0.4, 0.5) is 0 Å².